The number of rotatable bonds is 11. The van der Waals surface area contributed by atoms with Gasteiger partial charge >= 0.3 is 142 Å². The predicted molar refractivity (Wildman–Crippen MR) is 88.6 cm³/mol. The van der Waals surface area contributed by atoms with Crippen LogP contribution in [0, 0.1) is 0 Å². The van der Waals surface area contributed by atoms with E-state index in [0.717, 1.165) is 34.6 Å². The average Bonchev–Trinajstić information content (AvgIpc) is 2.48. The molecule has 0 radical (unpaired) electrons. The summed E-state index contributed by atoms with van der Waals surface area (Å²) in [6, 6.07) is 0. The second kappa shape index (κ2) is 13.6. The third kappa shape index (κ3) is 9.82. The molecule has 1 rings (SSSR count). The van der Waals surface area contributed by atoms with Gasteiger partial charge in [0.15, 0.2) is 0 Å². The van der Waals surface area contributed by atoms with Crippen molar-refractivity contribution in [3.8, 4) is 0 Å². The average molecular weight is 461 g/mol. The van der Waals surface area contributed by atoms with Crippen LogP contribution in [0.15, 0.2) is 8.60 Å². The maximum absolute atomic E-state index is 5.86. The Morgan fingerprint density at radius 3 is 2.85 bits per heavy atom. The quantitative estimate of drug-likeness (QED) is 0.339. The van der Waals surface area contributed by atoms with Gasteiger partial charge in [0.05, 0.1) is 0 Å². The third-order valence-electron chi connectivity index (χ3n) is 3.15. The van der Waals surface area contributed by atoms with E-state index in [4.69, 9.17) is 9.47 Å². The summed E-state index contributed by atoms with van der Waals surface area (Å²) < 4.78 is 14.7. The summed E-state index contributed by atoms with van der Waals surface area (Å²) in [6.07, 6.45) is 11.5. The van der Waals surface area contributed by atoms with Gasteiger partial charge in [-0.3, -0.25) is 0 Å². The Morgan fingerprint density at radius 2 is 2.15 bits per heavy atom. The maximum atomic E-state index is 5.86. The number of unbranched alkanes of at least 4 members (excludes halogenated alkanes) is 2. The molecule has 0 spiro atoms. The second-order valence-corrected chi connectivity index (χ2v) is 12.5. The van der Waals surface area contributed by atoms with Crippen LogP contribution < -0.4 is 0 Å². The molecule has 118 valence electrons. The first-order valence-corrected chi connectivity index (χ1v) is 12.9. The molecule has 0 aromatic rings. The van der Waals surface area contributed by atoms with Crippen LogP contribution >= 0.6 is 0 Å². The Bertz CT molecular complexity index is 241. The van der Waals surface area contributed by atoms with E-state index in [1.807, 2.05) is 0 Å². The number of hydrogen-bond acceptors (Lipinski definition) is 2. The summed E-state index contributed by atoms with van der Waals surface area (Å²) in [5.74, 6) is 0. The molecule has 2 nitrogen and oxygen atoms in total. The molecule has 1 unspecified atom stereocenters. The molecule has 1 saturated heterocycles. The fourth-order valence-corrected chi connectivity index (χ4v) is 9.74. The van der Waals surface area contributed by atoms with Gasteiger partial charge in [-0.2, -0.15) is 0 Å². The number of ether oxygens (including phenoxy) is 2. The van der Waals surface area contributed by atoms with Gasteiger partial charge in [-0.05, 0) is 0 Å². The Kier molecular flexibility index (Phi) is 13.0. The Balaban J connectivity index is 2.25. The Labute approximate surface area is 141 Å². The molecule has 1 atom stereocenters. The summed E-state index contributed by atoms with van der Waals surface area (Å²) in [7, 11) is 0. The molecule has 0 aromatic carbocycles. The van der Waals surface area contributed by atoms with Crippen molar-refractivity contribution in [3.05, 3.63) is 8.60 Å². The van der Waals surface area contributed by atoms with E-state index in [9.17, 15) is 0 Å². The summed E-state index contributed by atoms with van der Waals surface area (Å²) >= 11 is 0.826. The van der Waals surface area contributed by atoms with Crippen LogP contribution in [0.1, 0.15) is 58.8 Å². The Hall–Kier alpha value is 0.969. The van der Waals surface area contributed by atoms with Gasteiger partial charge in [0.25, 0.3) is 0 Å². The predicted octanol–water partition coefficient (Wildman–Crippen LogP) is 4.22. The van der Waals surface area contributed by atoms with E-state index in [2.05, 4.69) is 19.9 Å². The van der Waals surface area contributed by atoms with Gasteiger partial charge in [0.2, 0.25) is 0 Å². The Morgan fingerprint density at radius 1 is 1.30 bits per heavy atom. The van der Waals surface area contributed by atoms with Crippen molar-refractivity contribution in [2.75, 3.05) is 13.2 Å². The van der Waals surface area contributed by atoms with Crippen LogP contribution in [0.4, 0.5) is 0 Å². The minimum atomic E-state index is 0.0700. The summed E-state index contributed by atoms with van der Waals surface area (Å²) in [5, 5.41) is 1.42. The topological polar surface area (TPSA) is 18.5 Å². The first-order chi connectivity index (χ1) is 9.86. The van der Waals surface area contributed by atoms with Gasteiger partial charge in [-0.25, -0.2) is 0 Å². The molecular weight excluding hydrogens is 431 g/mol. The van der Waals surface area contributed by atoms with Crippen LogP contribution in [0.2, 0.25) is 9.79 Å². The molecule has 0 saturated carbocycles. The first-order valence-electron chi connectivity index (χ1n) is 8.05. The molecule has 1 aliphatic rings. The van der Waals surface area contributed by atoms with Gasteiger partial charge in [-0.15, -0.1) is 0 Å². The van der Waals surface area contributed by atoms with Crippen LogP contribution in [-0.4, -0.2) is 55.4 Å². The van der Waals surface area contributed by atoms with Gasteiger partial charge < -0.3 is 0 Å². The first kappa shape index (κ1) is 19.0. The molecule has 0 N–H and O–H groups in total. The zero-order chi connectivity index (χ0) is 14.5. The van der Waals surface area contributed by atoms with E-state index < -0.39 is 0 Å². The summed E-state index contributed by atoms with van der Waals surface area (Å²) in [4.78, 5) is 0. The molecule has 1 aliphatic heterocycles. The van der Waals surface area contributed by atoms with E-state index in [1.165, 1.54) is 48.3 Å². The summed E-state index contributed by atoms with van der Waals surface area (Å²) in [6.45, 7) is 6.25. The van der Waals surface area contributed by atoms with Crippen molar-refractivity contribution in [1.29, 1.82) is 0 Å². The second-order valence-electron chi connectivity index (χ2n) is 5.06. The van der Waals surface area contributed by atoms with E-state index in [0.29, 0.717) is 0 Å². The normalized spacial score (nSPS) is 20.3. The standard InChI is InChI=1S/C16H30O2SeTe/c1-3-5-13-19-16(20-14-6-4-2)10-12-18-15-9-7-8-11-17-15/h10,15H,3-9,11-14H2,1-2H3/b16-10+. The molecule has 0 aliphatic carbocycles. The van der Waals surface area contributed by atoms with Crippen LogP contribution in [-0.2, 0) is 9.47 Å². The summed E-state index contributed by atoms with van der Waals surface area (Å²) in [5.41, 5.74) is 0. The molecule has 0 aromatic heterocycles. The van der Waals surface area contributed by atoms with Crippen molar-refractivity contribution in [2.24, 2.45) is 0 Å². The van der Waals surface area contributed by atoms with Crippen molar-refractivity contribution < 1.29 is 9.47 Å². The van der Waals surface area contributed by atoms with Crippen molar-refractivity contribution in [3.63, 3.8) is 0 Å². The van der Waals surface area contributed by atoms with E-state index in [1.54, 1.807) is 2.52 Å². The van der Waals surface area contributed by atoms with E-state index >= 15 is 0 Å². The van der Waals surface area contributed by atoms with Gasteiger partial charge in [0, 0.05) is 0 Å². The van der Waals surface area contributed by atoms with Crippen LogP contribution in [0.5, 0.6) is 0 Å². The minimum absolute atomic E-state index is 0.0700. The SMILES string of the molecule is CCCC[Se]/C(=C\COC1CCCCO1)[Te]CCCC. The van der Waals surface area contributed by atoms with Crippen LogP contribution in [0.3, 0.4) is 0 Å². The van der Waals surface area contributed by atoms with Crippen LogP contribution in [0.25, 0.3) is 0 Å². The monoisotopic (exact) mass is 464 g/mol. The fourth-order valence-electron chi connectivity index (χ4n) is 1.86. The fraction of sp³-hybridized carbons (Fsp3) is 0.875. The molecule has 1 fully saturated rings. The van der Waals surface area contributed by atoms with Crippen molar-refractivity contribution in [1.82, 2.24) is 0 Å². The van der Waals surface area contributed by atoms with Crippen molar-refractivity contribution >= 4 is 35.9 Å². The molecular formula is C16H30O2SeTe. The zero-order valence-corrected chi connectivity index (χ0v) is 17.1. The van der Waals surface area contributed by atoms with Gasteiger partial charge in [-0.1, -0.05) is 0 Å². The number of hydrogen-bond donors (Lipinski definition) is 0. The zero-order valence-electron chi connectivity index (χ0n) is 13.1. The van der Waals surface area contributed by atoms with E-state index in [-0.39, 0.29) is 27.2 Å². The third-order valence-corrected chi connectivity index (χ3v) is 11.2. The van der Waals surface area contributed by atoms with Gasteiger partial charge in [0.1, 0.15) is 0 Å². The molecule has 20 heavy (non-hydrogen) atoms. The van der Waals surface area contributed by atoms with Crippen molar-refractivity contribution in [2.45, 2.75) is 74.9 Å². The molecule has 0 bridgehead atoms. The molecule has 4 heteroatoms. The molecule has 1 heterocycles. The molecule has 0 amide bonds.